The van der Waals surface area contributed by atoms with E-state index in [1.807, 2.05) is 12.1 Å². The molecule has 1 heterocycles. The molecule has 1 N–H and O–H groups in total. The summed E-state index contributed by atoms with van der Waals surface area (Å²) in [6, 6.07) is 5.46. The van der Waals surface area contributed by atoms with Gasteiger partial charge in [0, 0.05) is 19.1 Å². The normalized spacial score (nSPS) is 8.77. The number of nitrogens with one attached hydrogen (secondary N) is 1. The van der Waals surface area contributed by atoms with Gasteiger partial charge < -0.3 is 17.7 Å². The van der Waals surface area contributed by atoms with Crippen molar-refractivity contribution in [2.75, 3.05) is 0 Å². The topological polar surface area (TPSA) is 33.0 Å². The van der Waals surface area contributed by atoms with Crippen molar-refractivity contribution in [1.82, 2.24) is 5.32 Å². The summed E-state index contributed by atoms with van der Waals surface area (Å²) in [6.07, 6.45) is 1.80. The summed E-state index contributed by atoms with van der Waals surface area (Å²) in [6.45, 7) is 1.88. The van der Waals surface area contributed by atoms with E-state index in [4.69, 9.17) is 11.6 Å². The van der Waals surface area contributed by atoms with Crippen molar-refractivity contribution in [3.05, 3.63) is 29.5 Å². The Labute approximate surface area is 88.1 Å². The van der Waals surface area contributed by atoms with Crippen LogP contribution in [0, 0.1) is 0 Å². The molecule has 1 aromatic rings. The summed E-state index contributed by atoms with van der Waals surface area (Å²) in [5.41, 5.74) is 0. The standard InChI is InChI=1S/C8H9ClN2O.ClH/c1-7(12)10-6-11-5-3-2-4-8(11)9;/h2-5H,6H2,1H3;1H. The Morgan fingerprint density at radius 1 is 1.62 bits per heavy atom. The number of amides is 1. The maximum absolute atomic E-state index is 10.6. The van der Waals surface area contributed by atoms with E-state index in [-0.39, 0.29) is 18.3 Å². The molecule has 3 nitrogen and oxygen atoms in total. The molecule has 0 atom stereocenters. The molecule has 0 aliphatic carbocycles. The summed E-state index contributed by atoms with van der Waals surface area (Å²) in [7, 11) is 0. The van der Waals surface area contributed by atoms with E-state index in [0.29, 0.717) is 11.8 Å². The number of carbonyl (C=O) groups excluding carboxylic acids is 1. The number of carbonyl (C=O) groups is 1. The minimum absolute atomic E-state index is 0. The maximum atomic E-state index is 10.6. The smallest absolute Gasteiger partial charge is 0.276 e. The van der Waals surface area contributed by atoms with Crippen molar-refractivity contribution < 1.29 is 21.8 Å². The zero-order chi connectivity index (χ0) is 8.97. The predicted octanol–water partition coefficient (Wildman–Crippen LogP) is -2.27. The zero-order valence-electron chi connectivity index (χ0n) is 7.13. The monoisotopic (exact) mass is 220 g/mol. The van der Waals surface area contributed by atoms with E-state index in [9.17, 15) is 4.79 Å². The summed E-state index contributed by atoms with van der Waals surface area (Å²) < 4.78 is 1.74. The Balaban J connectivity index is 0.00000144. The molecule has 5 heteroatoms. The zero-order valence-corrected chi connectivity index (χ0v) is 8.64. The Kier molecular flexibility index (Phi) is 5.42. The van der Waals surface area contributed by atoms with Gasteiger partial charge in [0.15, 0.2) is 6.20 Å². The summed E-state index contributed by atoms with van der Waals surface area (Å²) >= 11 is 5.82. The van der Waals surface area contributed by atoms with Crippen LogP contribution in [0.1, 0.15) is 6.92 Å². The van der Waals surface area contributed by atoms with Crippen LogP contribution in [0.5, 0.6) is 0 Å². The third kappa shape index (κ3) is 4.10. The summed E-state index contributed by atoms with van der Waals surface area (Å²) in [5, 5.41) is 3.25. The third-order valence-electron chi connectivity index (χ3n) is 1.38. The highest BCUT2D eigenvalue weighted by atomic mass is 35.5. The van der Waals surface area contributed by atoms with Crippen LogP contribution in [0.4, 0.5) is 0 Å². The highest BCUT2D eigenvalue weighted by Crippen LogP contribution is 1.97. The van der Waals surface area contributed by atoms with Crippen molar-refractivity contribution >= 4 is 17.5 Å². The number of pyridine rings is 1. The lowest BCUT2D eigenvalue weighted by Crippen LogP contribution is -3.00. The molecule has 0 saturated carbocycles. The molecule has 1 amide bonds. The van der Waals surface area contributed by atoms with Crippen LogP contribution < -0.4 is 22.3 Å². The highest BCUT2D eigenvalue weighted by molar-refractivity contribution is 6.28. The van der Waals surface area contributed by atoms with Crippen molar-refractivity contribution in [2.45, 2.75) is 13.6 Å². The molecular formula is C8H10Cl2N2O. The lowest BCUT2D eigenvalue weighted by Gasteiger charge is -1.98. The number of halogens is 2. The fourth-order valence-electron chi connectivity index (χ4n) is 0.780. The van der Waals surface area contributed by atoms with E-state index in [1.165, 1.54) is 6.92 Å². The van der Waals surface area contributed by atoms with Crippen molar-refractivity contribution in [3.8, 4) is 0 Å². The molecule has 13 heavy (non-hydrogen) atoms. The quantitative estimate of drug-likeness (QED) is 0.443. The van der Waals surface area contributed by atoms with Crippen LogP contribution in [0.25, 0.3) is 0 Å². The van der Waals surface area contributed by atoms with Gasteiger partial charge in [0.2, 0.25) is 12.6 Å². The van der Waals surface area contributed by atoms with Crippen LogP contribution >= 0.6 is 11.6 Å². The van der Waals surface area contributed by atoms with E-state index in [0.717, 1.165) is 0 Å². The Hall–Kier alpha value is -0.800. The van der Waals surface area contributed by atoms with Gasteiger partial charge in [-0.2, -0.15) is 4.57 Å². The van der Waals surface area contributed by atoms with Gasteiger partial charge in [-0.1, -0.05) is 0 Å². The second-order valence-electron chi connectivity index (χ2n) is 2.38. The van der Waals surface area contributed by atoms with Crippen LogP contribution in [-0.4, -0.2) is 5.91 Å². The van der Waals surface area contributed by atoms with Gasteiger partial charge in [0.05, 0.1) is 0 Å². The molecule has 0 saturated heterocycles. The van der Waals surface area contributed by atoms with E-state index in [2.05, 4.69) is 5.32 Å². The first kappa shape index (κ1) is 12.2. The number of nitrogens with zero attached hydrogens (tertiary/aromatic N) is 1. The number of rotatable bonds is 2. The Bertz CT molecular complexity index is 291. The van der Waals surface area contributed by atoms with Gasteiger partial charge in [0.1, 0.15) is 0 Å². The molecule has 0 bridgehead atoms. The fourth-order valence-corrected chi connectivity index (χ4v) is 0.969. The highest BCUT2D eigenvalue weighted by Gasteiger charge is 2.04. The summed E-state index contributed by atoms with van der Waals surface area (Å²) in [4.78, 5) is 10.6. The first-order chi connectivity index (χ1) is 5.70. The maximum Gasteiger partial charge on any atom is 0.276 e. The SMILES string of the molecule is CC(=O)NC[n+]1ccccc1Cl.[Cl-]. The first-order valence-electron chi connectivity index (χ1n) is 3.58. The second-order valence-corrected chi connectivity index (χ2v) is 2.77. The second kappa shape index (κ2) is 5.78. The van der Waals surface area contributed by atoms with Crippen molar-refractivity contribution in [2.24, 2.45) is 0 Å². The molecule has 0 aromatic carbocycles. The van der Waals surface area contributed by atoms with Crippen LogP contribution in [-0.2, 0) is 11.5 Å². The number of hydrogen-bond acceptors (Lipinski definition) is 1. The van der Waals surface area contributed by atoms with E-state index >= 15 is 0 Å². The van der Waals surface area contributed by atoms with Gasteiger partial charge >= 0.3 is 0 Å². The van der Waals surface area contributed by atoms with Crippen molar-refractivity contribution in [1.29, 1.82) is 0 Å². The summed E-state index contributed by atoms with van der Waals surface area (Å²) in [5.74, 6) is -0.0672. The van der Waals surface area contributed by atoms with Gasteiger partial charge in [0.25, 0.3) is 5.15 Å². The van der Waals surface area contributed by atoms with E-state index < -0.39 is 0 Å². The average molecular weight is 221 g/mol. The number of aromatic nitrogens is 1. The fraction of sp³-hybridized carbons (Fsp3) is 0.250. The van der Waals surface area contributed by atoms with E-state index in [1.54, 1.807) is 16.8 Å². The van der Waals surface area contributed by atoms with Gasteiger partial charge in [-0.25, -0.2) is 0 Å². The molecule has 0 fully saturated rings. The predicted molar refractivity (Wildman–Crippen MR) is 45.5 cm³/mol. The minimum Gasteiger partial charge on any atom is -1.00 e. The van der Waals surface area contributed by atoms with Gasteiger partial charge in [-0.05, 0) is 17.7 Å². The third-order valence-corrected chi connectivity index (χ3v) is 1.73. The molecule has 0 aliphatic heterocycles. The van der Waals surface area contributed by atoms with Crippen LogP contribution in [0.2, 0.25) is 5.15 Å². The van der Waals surface area contributed by atoms with Crippen LogP contribution in [0.15, 0.2) is 24.4 Å². The molecule has 0 radical (unpaired) electrons. The molecule has 0 unspecified atom stereocenters. The van der Waals surface area contributed by atoms with Gasteiger partial charge in [-0.15, -0.1) is 0 Å². The van der Waals surface area contributed by atoms with Gasteiger partial charge in [-0.3, -0.25) is 4.79 Å². The molecule has 1 rings (SSSR count). The lowest BCUT2D eigenvalue weighted by molar-refractivity contribution is -0.697. The molecule has 72 valence electrons. The van der Waals surface area contributed by atoms with Crippen molar-refractivity contribution in [3.63, 3.8) is 0 Å². The minimum atomic E-state index is -0.0672. The average Bonchev–Trinajstić information content (AvgIpc) is 2.03. The van der Waals surface area contributed by atoms with Crippen LogP contribution in [0.3, 0.4) is 0 Å². The lowest BCUT2D eigenvalue weighted by atomic mass is 10.5. The molecular weight excluding hydrogens is 211 g/mol. The Morgan fingerprint density at radius 3 is 2.85 bits per heavy atom. The first-order valence-corrected chi connectivity index (χ1v) is 3.96. The molecule has 0 spiro atoms. The largest absolute Gasteiger partial charge is 1.00 e. The molecule has 1 aromatic heterocycles. The Morgan fingerprint density at radius 2 is 2.31 bits per heavy atom. The molecule has 0 aliphatic rings. The number of hydrogen-bond donors (Lipinski definition) is 1.